The van der Waals surface area contributed by atoms with Crippen LogP contribution in [0.1, 0.15) is 24.8 Å². The van der Waals surface area contributed by atoms with Crippen LogP contribution in [0.3, 0.4) is 0 Å². The van der Waals surface area contributed by atoms with Crippen molar-refractivity contribution in [2.24, 2.45) is 5.73 Å². The van der Waals surface area contributed by atoms with E-state index in [1.807, 2.05) is 12.1 Å². The third-order valence-corrected chi connectivity index (χ3v) is 3.75. The average molecular weight is 274 g/mol. The third kappa shape index (κ3) is 3.59. The molecule has 2 rings (SSSR count). The fourth-order valence-corrected chi connectivity index (χ4v) is 2.66. The van der Waals surface area contributed by atoms with Gasteiger partial charge >= 0.3 is 0 Å². The minimum atomic E-state index is 0.00831. The van der Waals surface area contributed by atoms with Crippen LogP contribution in [0, 0.1) is 0 Å². The van der Waals surface area contributed by atoms with Crippen LogP contribution in [0.15, 0.2) is 18.2 Å². The molecule has 0 spiro atoms. The summed E-state index contributed by atoms with van der Waals surface area (Å²) in [7, 11) is 0. The van der Waals surface area contributed by atoms with E-state index in [2.05, 4.69) is 0 Å². The predicted octanol–water partition coefficient (Wildman–Crippen LogP) is 3.43. The first-order valence-corrected chi connectivity index (χ1v) is 6.73. The van der Waals surface area contributed by atoms with Crippen molar-refractivity contribution in [1.29, 1.82) is 0 Å². The first-order valence-electron chi connectivity index (χ1n) is 5.98. The number of rotatable bonds is 3. The SMILES string of the molecule is NC(Cc1ccc(Cl)cc1Cl)C1CCCCO1. The minimum Gasteiger partial charge on any atom is -0.377 e. The zero-order valence-electron chi connectivity index (χ0n) is 9.66. The van der Waals surface area contributed by atoms with Crippen molar-refractivity contribution in [1.82, 2.24) is 0 Å². The third-order valence-electron chi connectivity index (χ3n) is 3.16. The predicted molar refractivity (Wildman–Crippen MR) is 71.7 cm³/mol. The summed E-state index contributed by atoms with van der Waals surface area (Å²) >= 11 is 12.0. The number of hydrogen-bond acceptors (Lipinski definition) is 2. The molecule has 2 atom stereocenters. The summed E-state index contributed by atoms with van der Waals surface area (Å²) in [6, 6.07) is 5.55. The minimum absolute atomic E-state index is 0.00831. The molecular formula is C13H17Cl2NO. The van der Waals surface area contributed by atoms with Gasteiger partial charge in [-0.25, -0.2) is 0 Å². The van der Waals surface area contributed by atoms with Crippen LogP contribution in [0.4, 0.5) is 0 Å². The maximum atomic E-state index is 6.17. The molecular weight excluding hydrogens is 257 g/mol. The maximum Gasteiger partial charge on any atom is 0.0729 e. The van der Waals surface area contributed by atoms with E-state index in [4.69, 9.17) is 33.7 Å². The molecule has 2 unspecified atom stereocenters. The number of hydrogen-bond donors (Lipinski definition) is 1. The lowest BCUT2D eigenvalue weighted by Gasteiger charge is -2.28. The van der Waals surface area contributed by atoms with Gasteiger partial charge in [0.2, 0.25) is 0 Å². The Labute approximate surface area is 112 Å². The normalized spacial score (nSPS) is 22.4. The smallest absolute Gasteiger partial charge is 0.0729 e. The van der Waals surface area contributed by atoms with E-state index >= 15 is 0 Å². The van der Waals surface area contributed by atoms with E-state index < -0.39 is 0 Å². The van der Waals surface area contributed by atoms with E-state index in [1.54, 1.807) is 6.07 Å². The molecule has 0 radical (unpaired) electrons. The fraction of sp³-hybridized carbons (Fsp3) is 0.538. The molecule has 1 saturated heterocycles. The molecule has 0 amide bonds. The average Bonchev–Trinajstić information content (AvgIpc) is 2.34. The van der Waals surface area contributed by atoms with Crippen LogP contribution in [-0.2, 0) is 11.2 Å². The Morgan fingerprint density at radius 1 is 1.35 bits per heavy atom. The molecule has 0 saturated carbocycles. The van der Waals surface area contributed by atoms with Gasteiger partial charge in [0, 0.05) is 22.7 Å². The summed E-state index contributed by atoms with van der Waals surface area (Å²) in [6.07, 6.45) is 4.29. The summed E-state index contributed by atoms with van der Waals surface area (Å²) in [4.78, 5) is 0. The first kappa shape index (κ1) is 13.2. The quantitative estimate of drug-likeness (QED) is 0.916. The molecule has 0 aromatic heterocycles. The standard InChI is InChI=1S/C13H17Cl2NO/c14-10-5-4-9(11(15)8-10)7-12(16)13-3-1-2-6-17-13/h4-5,8,12-13H,1-3,6-7,16H2. The van der Waals surface area contributed by atoms with Gasteiger partial charge in [0.05, 0.1) is 6.10 Å². The van der Waals surface area contributed by atoms with Crippen molar-refractivity contribution in [2.75, 3.05) is 6.61 Å². The Bertz CT molecular complexity index is 378. The van der Waals surface area contributed by atoms with Crippen molar-refractivity contribution < 1.29 is 4.74 Å². The summed E-state index contributed by atoms with van der Waals surface area (Å²) in [5, 5.41) is 1.34. The van der Waals surface area contributed by atoms with Gasteiger partial charge in [0.1, 0.15) is 0 Å². The van der Waals surface area contributed by atoms with Gasteiger partial charge in [-0.05, 0) is 43.4 Å². The second kappa shape index (κ2) is 6.05. The van der Waals surface area contributed by atoms with Crippen LogP contribution >= 0.6 is 23.2 Å². The molecule has 1 aliphatic heterocycles. The highest BCUT2D eigenvalue weighted by molar-refractivity contribution is 6.35. The summed E-state index contributed by atoms with van der Waals surface area (Å²) in [5.74, 6) is 0. The van der Waals surface area contributed by atoms with Crippen LogP contribution in [-0.4, -0.2) is 18.8 Å². The van der Waals surface area contributed by atoms with E-state index in [9.17, 15) is 0 Å². The Balaban J connectivity index is 1.99. The van der Waals surface area contributed by atoms with Gasteiger partial charge in [0.25, 0.3) is 0 Å². The topological polar surface area (TPSA) is 35.2 Å². The molecule has 1 aromatic rings. The highest BCUT2D eigenvalue weighted by atomic mass is 35.5. The lowest BCUT2D eigenvalue weighted by atomic mass is 9.97. The van der Waals surface area contributed by atoms with E-state index in [0.29, 0.717) is 10.0 Å². The van der Waals surface area contributed by atoms with Gasteiger partial charge < -0.3 is 10.5 Å². The van der Waals surface area contributed by atoms with Crippen molar-refractivity contribution >= 4 is 23.2 Å². The van der Waals surface area contributed by atoms with Crippen molar-refractivity contribution in [3.63, 3.8) is 0 Å². The second-order valence-electron chi connectivity index (χ2n) is 4.51. The zero-order chi connectivity index (χ0) is 12.3. The molecule has 0 bridgehead atoms. The molecule has 1 aromatic carbocycles. The maximum absolute atomic E-state index is 6.17. The highest BCUT2D eigenvalue weighted by Gasteiger charge is 2.22. The Morgan fingerprint density at radius 3 is 2.82 bits per heavy atom. The van der Waals surface area contributed by atoms with E-state index in [1.165, 1.54) is 6.42 Å². The Morgan fingerprint density at radius 2 is 2.18 bits per heavy atom. The van der Waals surface area contributed by atoms with Crippen LogP contribution < -0.4 is 5.73 Å². The van der Waals surface area contributed by atoms with Crippen molar-refractivity contribution in [3.8, 4) is 0 Å². The Hall–Kier alpha value is -0.280. The molecule has 17 heavy (non-hydrogen) atoms. The number of nitrogens with two attached hydrogens (primary N) is 1. The monoisotopic (exact) mass is 273 g/mol. The zero-order valence-corrected chi connectivity index (χ0v) is 11.2. The molecule has 0 aliphatic carbocycles. The summed E-state index contributed by atoms with van der Waals surface area (Å²) in [6.45, 7) is 0.826. The van der Waals surface area contributed by atoms with Crippen LogP contribution in [0.2, 0.25) is 10.0 Å². The largest absolute Gasteiger partial charge is 0.377 e. The lowest BCUT2D eigenvalue weighted by molar-refractivity contribution is 0.000640. The molecule has 1 heterocycles. The number of benzene rings is 1. The van der Waals surface area contributed by atoms with Crippen LogP contribution in [0.25, 0.3) is 0 Å². The summed E-state index contributed by atoms with van der Waals surface area (Å²) < 4.78 is 5.68. The molecule has 1 fully saturated rings. The molecule has 94 valence electrons. The number of ether oxygens (including phenoxy) is 1. The van der Waals surface area contributed by atoms with E-state index in [-0.39, 0.29) is 12.1 Å². The molecule has 1 aliphatic rings. The summed E-state index contributed by atoms with van der Waals surface area (Å²) in [5.41, 5.74) is 7.21. The molecule has 4 heteroatoms. The van der Waals surface area contributed by atoms with Gasteiger partial charge in [-0.15, -0.1) is 0 Å². The molecule has 2 N–H and O–H groups in total. The van der Waals surface area contributed by atoms with Gasteiger partial charge in [-0.3, -0.25) is 0 Å². The fourth-order valence-electron chi connectivity index (χ4n) is 2.18. The van der Waals surface area contributed by atoms with Gasteiger partial charge in [-0.1, -0.05) is 29.3 Å². The van der Waals surface area contributed by atoms with Crippen molar-refractivity contribution in [2.45, 2.75) is 37.8 Å². The first-order chi connectivity index (χ1) is 8.16. The number of halogens is 2. The Kier molecular flexibility index (Phi) is 4.69. The second-order valence-corrected chi connectivity index (χ2v) is 5.35. The lowest BCUT2D eigenvalue weighted by Crippen LogP contribution is -2.40. The van der Waals surface area contributed by atoms with Crippen molar-refractivity contribution in [3.05, 3.63) is 33.8 Å². The van der Waals surface area contributed by atoms with Gasteiger partial charge in [-0.2, -0.15) is 0 Å². The van der Waals surface area contributed by atoms with E-state index in [0.717, 1.165) is 31.4 Å². The molecule has 2 nitrogen and oxygen atoms in total. The van der Waals surface area contributed by atoms with Gasteiger partial charge in [0.15, 0.2) is 0 Å². The highest BCUT2D eigenvalue weighted by Crippen LogP contribution is 2.24. The van der Waals surface area contributed by atoms with Crippen LogP contribution in [0.5, 0.6) is 0 Å².